The molecular weight excluding hydrogens is 588 g/mol. The first kappa shape index (κ1) is 31.7. The van der Waals surface area contributed by atoms with Gasteiger partial charge in [-0.2, -0.15) is 74.6 Å². The summed E-state index contributed by atoms with van der Waals surface area (Å²) in [5.41, 5.74) is -1.59. The Morgan fingerprint density at radius 2 is 0.972 bits per heavy atom. The molecule has 0 heterocycles. The highest BCUT2D eigenvalue weighted by molar-refractivity contribution is 6.30. The molecule has 0 aromatic heterocycles. The third kappa shape index (κ3) is 4.27. The molecule has 0 radical (unpaired) electrons. The molecule has 0 spiro atoms. The molecule has 1 aromatic rings. The number of hydrogen-bond acceptors (Lipinski definition) is 1. The van der Waals surface area contributed by atoms with E-state index < -0.39 is 70.1 Å². The maximum Gasteiger partial charge on any atom is 0.460 e. The largest absolute Gasteiger partial charge is 0.460 e. The summed E-state index contributed by atoms with van der Waals surface area (Å²) in [6.07, 6.45) is -7.87. The van der Waals surface area contributed by atoms with Crippen LogP contribution in [0.15, 0.2) is 18.2 Å². The average Bonchev–Trinajstić information content (AvgIpc) is 2.68. The average molecular weight is 592 g/mol. The van der Waals surface area contributed by atoms with Gasteiger partial charge in [0.2, 0.25) is 0 Å². The van der Waals surface area contributed by atoms with Crippen LogP contribution < -0.4 is 5.32 Å². The van der Waals surface area contributed by atoms with Crippen LogP contribution in [-0.2, 0) is 4.79 Å². The lowest BCUT2D eigenvalue weighted by atomic mass is 9.89. The number of carbonyl (C=O) groups excluding carboxylic acids is 1. The standard InChI is InChI=1S/C15H4ClF18NO/c16-4-1-2-6(5(17)3-4)35-7(36)8(18,19)9(20,21)10(22,23)11(24,25)12(26,27)13(28,29)14(30,31)15(32,33)34/h1-3H,(H,35,36). The molecule has 1 rings (SSSR count). The van der Waals surface area contributed by atoms with Crippen molar-refractivity contribution >= 4 is 23.2 Å². The fourth-order valence-corrected chi connectivity index (χ4v) is 2.26. The normalized spacial score (nSPS) is 15.2. The maximum absolute atomic E-state index is 13.7. The van der Waals surface area contributed by atoms with Crippen LogP contribution in [0, 0.1) is 5.82 Å². The van der Waals surface area contributed by atoms with E-state index in [2.05, 4.69) is 0 Å². The lowest BCUT2D eigenvalue weighted by Gasteiger charge is -2.42. The second-order valence-electron chi connectivity index (χ2n) is 6.60. The zero-order chi connectivity index (χ0) is 29.1. The molecule has 0 fully saturated rings. The van der Waals surface area contributed by atoms with E-state index in [9.17, 15) is 83.8 Å². The van der Waals surface area contributed by atoms with Crippen LogP contribution in [0.25, 0.3) is 0 Å². The first-order valence-electron chi connectivity index (χ1n) is 8.03. The van der Waals surface area contributed by atoms with Crippen LogP contribution in [0.2, 0.25) is 5.02 Å². The smallest absolute Gasteiger partial charge is 0.318 e. The van der Waals surface area contributed by atoms with Gasteiger partial charge in [-0.3, -0.25) is 4.79 Å². The van der Waals surface area contributed by atoms with Gasteiger partial charge in [-0.15, -0.1) is 0 Å². The van der Waals surface area contributed by atoms with Crippen molar-refractivity contribution in [1.29, 1.82) is 0 Å². The van der Waals surface area contributed by atoms with E-state index in [1.165, 1.54) is 0 Å². The quantitative estimate of drug-likeness (QED) is 0.313. The molecule has 0 saturated heterocycles. The molecule has 0 bridgehead atoms. The monoisotopic (exact) mass is 591 g/mol. The van der Waals surface area contributed by atoms with Crippen LogP contribution >= 0.6 is 11.6 Å². The van der Waals surface area contributed by atoms with Gasteiger partial charge in [0.1, 0.15) is 5.82 Å². The summed E-state index contributed by atoms with van der Waals surface area (Å²) in [6, 6.07) is 0.923. The van der Waals surface area contributed by atoms with Crippen LogP contribution in [-0.4, -0.2) is 53.5 Å². The summed E-state index contributed by atoms with van der Waals surface area (Å²) in [4.78, 5) is 11.3. The molecule has 2 nitrogen and oxygen atoms in total. The Morgan fingerprint density at radius 3 is 1.33 bits per heavy atom. The van der Waals surface area contributed by atoms with Gasteiger partial charge < -0.3 is 5.32 Å². The lowest BCUT2D eigenvalue weighted by Crippen LogP contribution is -2.75. The molecular formula is C15H4ClF18NO. The van der Waals surface area contributed by atoms with Crippen molar-refractivity contribution in [2.45, 2.75) is 47.6 Å². The molecule has 36 heavy (non-hydrogen) atoms. The van der Waals surface area contributed by atoms with Gasteiger partial charge >= 0.3 is 53.5 Å². The number of nitrogens with one attached hydrogen (secondary N) is 1. The molecule has 1 aromatic carbocycles. The van der Waals surface area contributed by atoms with E-state index in [4.69, 9.17) is 11.6 Å². The van der Waals surface area contributed by atoms with Crippen LogP contribution in [0.1, 0.15) is 0 Å². The molecule has 21 heteroatoms. The highest BCUT2D eigenvalue weighted by Gasteiger charge is 2.95. The Hall–Kier alpha value is -2.28. The second kappa shape index (κ2) is 8.64. The van der Waals surface area contributed by atoms with E-state index >= 15 is 0 Å². The number of halogens is 19. The molecule has 0 atom stereocenters. The Kier molecular flexibility index (Phi) is 7.62. The first-order chi connectivity index (χ1) is 15.6. The number of alkyl halides is 17. The second-order valence-corrected chi connectivity index (χ2v) is 7.03. The number of hydrogen-bond donors (Lipinski definition) is 1. The molecule has 0 aliphatic rings. The summed E-state index contributed by atoms with van der Waals surface area (Å²) < 4.78 is 237. The van der Waals surface area contributed by atoms with E-state index in [1.54, 1.807) is 0 Å². The molecule has 0 saturated carbocycles. The summed E-state index contributed by atoms with van der Waals surface area (Å²) >= 11 is 5.21. The summed E-state index contributed by atoms with van der Waals surface area (Å²) in [7, 11) is 0. The van der Waals surface area contributed by atoms with E-state index in [-0.39, 0.29) is 12.1 Å². The highest BCUT2D eigenvalue weighted by atomic mass is 35.5. The molecule has 1 amide bonds. The third-order valence-corrected chi connectivity index (χ3v) is 4.42. The minimum atomic E-state index is -8.82. The van der Waals surface area contributed by atoms with Crippen LogP contribution in [0.5, 0.6) is 0 Å². The fourth-order valence-electron chi connectivity index (χ4n) is 2.10. The predicted octanol–water partition coefficient (Wildman–Crippen LogP) is 7.43. The Labute approximate surface area is 190 Å². The van der Waals surface area contributed by atoms with Gasteiger partial charge in [0.25, 0.3) is 0 Å². The van der Waals surface area contributed by atoms with Gasteiger partial charge in [-0.05, 0) is 18.2 Å². The zero-order valence-corrected chi connectivity index (χ0v) is 16.6. The van der Waals surface area contributed by atoms with Crippen LogP contribution in [0.3, 0.4) is 0 Å². The summed E-state index contributed by atoms with van der Waals surface area (Å²) in [6.45, 7) is 0. The Bertz CT molecular complexity index is 1000. The third-order valence-electron chi connectivity index (χ3n) is 4.19. The van der Waals surface area contributed by atoms with Gasteiger partial charge in [0.05, 0.1) is 5.69 Å². The maximum atomic E-state index is 13.7. The van der Waals surface area contributed by atoms with Crippen molar-refractivity contribution in [3.63, 3.8) is 0 Å². The van der Waals surface area contributed by atoms with Gasteiger partial charge in [-0.1, -0.05) is 11.6 Å². The van der Waals surface area contributed by atoms with Gasteiger partial charge in [0.15, 0.2) is 0 Å². The van der Waals surface area contributed by atoms with Crippen molar-refractivity contribution in [3.05, 3.63) is 29.0 Å². The Morgan fingerprint density at radius 1 is 0.611 bits per heavy atom. The molecule has 0 unspecified atom stereocenters. The van der Waals surface area contributed by atoms with Crippen molar-refractivity contribution in [1.82, 2.24) is 0 Å². The highest BCUT2D eigenvalue weighted by Crippen LogP contribution is 2.64. The zero-order valence-electron chi connectivity index (χ0n) is 15.8. The van der Waals surface area contributed by atoms with Gasteiger partial charge in [-0.25, -0.2) is 4.39 Å². The Balaban J connectivity index is 3.59. The number of benzene rings is 1. The SMILES string of the molecule is O=C(Nc1ccc(Cl)cc1F)C(F)(F)C(F)(F)C(F)(F)C(F)(F)C(F)(F)C(F)(F)C(F)(F)C(F)(F)F. The summed E-state index contributed by atoms with van der Waals surface area (Å²) in [5, 5.41) is -0.113. The van der Waals surface area contributed by atoms with E-state index in [0.29, 0.717) is 11.4 Å². The van der Waals surface area contributed by atoms with Crippen molar-refractivity contribution < 1.29 is 83.8 Å². The summed E-state index contributed by atoms with van der Waals surface area (Å²) in [5.74, 6) is -64.5. The number of anilines is 1. The number of rotatable bonds is 8. The topological polar surface area (TPSA) is 29.1 Å². The molecule has 1 N–H and O–H groups in total. The van der Waals surface area contributed by atoms with Crippen molar-refractivity contribution in [2.75, 3.05) is 5.32 Å². The lowest BCUT2D eigenvalue weighted by molar-refractivity contribution is -0.459. The van der Waals surface area contributed by atoms with E-state index in [0.717, 1.165) is 0 Å². The first-order valence-corrected chi connectivity index (χ1v) is 8.41. The van der Waals surface area contributed by atoms with Gasteiger partial charge in [0, 0.05) is 5.02 Å². The number of amides is 1. The van der Waals surface area contributed by atoms with Crippen molar-refractivity contribution in [3.8, 4) is 0 Å². The number of carbonyl (C=O) groups is 1. The van der Waals surface area contributed by atoms with E-state index in [1.807, 2.05) is 0 Å². The van der Waals surface area contributed by atoms with Crippen molar-refractivity contribution in [2.24, 2.45) is 0 Å². The fraction of sp³-hybridized carbons (Fsp3) is 0.533. The minimum Gasteiger partial charge on any atom is -0.318 e. The van der Waals surface area contributed by atoms with Crippen LogP contribution in [0.4, 0.5) is 84.7 Å². The minimum absolute atomic E-state index is 0.180. The molecule has 0 aliphatic carbocycles. The molecule has 0 aliphatic heterocycles. The molecule has 208 valence electrons. The predicted molar refractivity (Wildman–Crippen MR) is 80.7 cm³/mol.